The summed E-state index contributed by atoms with van der Waals surface area (Å²) in [7, 11) is 0. The van der Waals surface area contributed by atoms with Crippen molar-refractivity contribution in [3.8, 4) is 12.3 Å². The Morgan fingerprint density at radius 1 is 1.00 bits per heavy atom. The molecule has 41 heavy (non-hydrogen) atoms. The Morgan fingerprint density at radius 3 is 2.24 bits per heavy atom. The first-order chi connectivity index (χ1) is 19.4. The van der Waals surface area contributed by atoms with E-state index in [1.807, 2.05) is 56.3 Å². The van der Waals surface area contributed by atoms with Crippen LogP contribution in [0.3, 0.4) is 0 Å². The lowest BCUT2D eigenvalue weighted by molar-refractivity contribution is -0.141. The SMILES string of the molecule is C#Cc1ccc(C(C(=O)Nc2ccc3ccccc3c2)N(C(=O)C(CC(C)C)NC(=O)OC(C)(C)C)C2CC2)cc1. The predicted octanol–water partition coefficient (Wildman–Crippen LogP) is 6.43. The highest BCUT2D eigenvalue weighted by Gasteiger charge is 2.44. The van der Waals surface area contributed by atoms with Crippen molar-refractivity contribution in [2.24, 2.45) is 5.92 Å². The second kappa shape index (κ2) is 12.5. The van der Waals surface area contributed by atoms with Gasteiger partial charge in [-0.25, -0.2) is 4.79 Å². The van der Waals surface area contributed by atoms with Crippen LogP contribution in [0.1, 0.15) is 71.0 Å². The minimum Gasteiger partial charge on any atom is -0.444 e. The smallest absolute Gasteiger partial charge is 0.408 e. The number of alkyl carbamates (subject to hydrolysis) is 1. The Labute approximate surface area is 242 Å². The Balaban J connectivity index is 1.70. The first kappa shape index (κ1) is 29.7. The molecule has 1 aliphatic carbocycles. The van der Waals surface area contributed by atoms with Crippen molar-refractivity contribution in [1.82, 2.24) is 10.2 Å². The third kappa shape index (κ3) is 7.88. The molecule has 1 fully saturated rings. The molecule has 7 nitrogen and oxygen atoms in total. The molecule has 4 rings (SSSR count). The van der Waals surface area contributed by atoms with Crippen molar-refractivity contribution in [2.75, 3.05) is 5.32 Å². The molecule has 3 aromatic carbocycles. The average Bonchev–Trinajstić information content (AvgIpc) is 3.75. The molecule has 0 bridgehead atoms. The normalized spacial score (nSPS) is 14.6. The zero-order chi connectivity index (χ0) is 29.7. The number of nitrogens with zero attached hydrogens (tertiary/aromatic N) is 1. The zero-order valence-corrected chi connectivity index (χ0v) is 24.4. The summed E-state index contributed by atoms with van der Waals surface area (Å²) in [5.74, 6) is 2.06. The molecule has 214 valence electrons. The van der Waals surface area contributed by atoms with E-state index in [0.29, 0.717) is 23.2 Å². The van der Waals surface area contributed by atoms with Crippen molar-refractivity contribution in [3.05, 3.63) is 77.9 Å². The standard InChI is InChI=1S/C34H39N3O4/c1-7-23-12-14-25(15-13-23)30(31(38)35-27-17-16-24-10-8-9-11-26(24)21-27)37(28-18-19-28)32(39)29(20-22(2)3)36-33(40)41-34(4,5)6/h1,8-17,21-22,28-30H,18-20H2,2-6H3,(H,35,38)(H,36,40). The van der Waals surface area contributed by atoms with Gasteiger partial charge in [-0.2, -0.15) is 0 Å². The Morgan fingerprint density at radius 2 is 1.66 bits per heavy atom. The molecule has 2 atom stereocenters. The number of carbonyl (C=O) groups excluding carboxylic acids is 3. The fraction of sp³-hybridized carbons (Fsp3) is 0.382. The molecule has 0 saturated heterocycles. The van der Waals surface area contributed by atoms with Crippen molar-refractivity contribution < 1.29 is 19.1 Å². The number of rotatable bonds is 9. The number of anilines is 1. The van der Waals surface area contributed by atoms with E-state index in [1.165, 1.54) is 0 Å². The summed E-state index contributed by atoms with van der Waals surface area (Å²) < 4.78 is 5.47. The highest BCUT2D eigenvalue weighted by Crippen LogP contribution is 2.37. The third-order valence-corrected chi connectivity index (χ3v) is 6.83. The van der Waals surface area contributed by atoms with Gasteiger partial charge in [-0.3, -0.25) is 9.59 Å². The minimum atomic E-state index is -0.927. The Hall–Kier alpha value is -4.31. The molecule has 2 unspecified atom stereocenters. The van der Waals surface area contributed by atoms with E-state index in [0.717, 1.165) is 23.6 Å². The third-order valence-electron chi connectivity index (χ3n) is 6.83. The zero-order valence-electron chi connectivity index (χ0n) is 24.4. The van der Waals surface area contributed by atoms with E-state index in [1.54, 1.807) is 49.9 Å². The van der Waals surface area contributed by atoms with Gasteiger partial charge in [0.25, 0.3) is 5.91 Å². The fourth-order valence-electron chi connectivity index (χ4n) is 4.87. The van der Waals surface area contributed by atoms with Gasteiger partial charge in [-0.05, 0) is 86.6 Å². The first-order valence-electron chi connectivity index (χ1n) is 14.1. The Kier molecular flexibility index (Phi) is 9.02. The summed E-state index contributed by atoms with van der Waals surface area (Å²) in [6.45, 7) is 9.29. The highest BCUT2D eigenvalue weighted by atomic mass is 16.6. The molecule has 0 radical (unpaired) electrons. The lowest BCUT2D eigenvalue weighted by Crippen LogP contribution is -2.53. The van der Waals surface area contributed by atoms with E-state index in [2.05, 4.69) is 16.6 Å². The van der Waals surface area contributed by atoms with Crippen LogP contribution >= 0.6 is 0 Å². The quantitative estimate of drug-likeness (QED) is 0.299. The van der Waals surface area contributed by atoms with E-state index >= 15 is 0 Å². The second-order valence-electron chi connectivity index (χ2n) is 12.0. The van der Waals surface area contributed by atoms with Crippen LogP contribution in [0.2, 0.25) is 0 Å². The topological polar surface area (TPSA) is 87.7 Å². The average molecular weight is 554 g/mol. The van der Waals surface area contributed by atoms with E-state index in [4.69, 9.17) is 11.2 Å². The maximum absolute atomic E-state index is 14.3. The van der Waals surface area contributed by atoms with Crippen molar-refractivity contribution >= 4 is 34.4 Å². The first-order valence-corrected chi connectivity index (χ1v) is 14.1. The lowest BCUT2D eigenvalue weighted by Gasteiger charge is -2.35. The monoisotopic (exact) mass is 553 g/mol. The van der Waals surface area contributed by atoms with E-state index in [-0.39, 0.29) is 23.8 Å². The summed E-state index contributed by atoms with van der Waals surface area (Å²) in [6.07, 6.45) is 6.86. The summed E-state index contributed by atoms with van der Waals surface area (Å²) in [5.41, 5.74) is 1.24. The molecule has 0 spiro atoms. The van der Waals surface area contributed by atoms with E-state index < -0.39 is 23.8 Å². The summed E-state index contributed by atoms with van der Waals surface area (Å²) in [6, 6.07) is 18.9. The molecule has 1 saturated carbocycles. The number of nitrogens with one attached hydrogen (secondary N) is 2. The molecule has 3 aromatic rings. The van der Waals surface area contributed by atoms with Crippen molar-refractivity contribution in [2.45, 2.75) is 77.6 Å². The molecular weight excluding hydrogens is 514 g/mol. The lowest BCUT2D eigenvalue weighted by atomic mass is 9.98. The van der Waals surface area contributed by atoms with Gasteiger partial charge in [-0.1, -0.05) is 62.2 Å². The predicted molar refractivity (Wildman–Crippen MR) is 162 cm³/mol. The van der Waals surface area contributed by atoms with Crippen LogP contribution in [0, 0.1) is 18.3 Å². The minimum absolute atomic E-state index is 0.111. The van der Waals surface area contributed by atoms with E-state index in [9.17, 15) is 14.4 Å². The molecule has 3 amide bonds. The van der Waals surface area contributed by atoms with Gasteiger partial charge in [0.2, 0.25) is 5.91 Å². The maximum Gasteiger partial charge on any atom is 0.408 e. The molecule has 0 aliphatic heterocycles. The van der Waals surface area contributed by atoms with Crippen LogP contribution in [0.25, 0.3) is 10.8 Å². The number of benzene rings is 3. The van der Waals surface area contributed by atoms with Crippen LogP contribution in [0.15, 0.2) is 66.7 Å². The summed E-state index contributed by atoms with van der Waals surface area (Å²) >= 11 is 0. The summed E-state index contributed by atoms with van der Waals surface area (Å²) in [5, 5.41) is 7.89. The number of hydrogen-bond donors (Lipinski definition) is 2. The van der Waals surface area contributed by atoms with Gasteiger partial charge >= 0.3 is 6.09 Å². The summed E-state index contributed by atoms with van der Waals surface area (Å²) in [4.78, 5) is 42.8. The van der Waals surface area contributed by atoms with Gasteiger partial charge in [0.05, 0.1) is 0 Å². The van der Waals surface area contributed by atoms with Gasteiger partial charge in [0, 0.05) is 17.3 Å². The van der Waals surface area contributed by atoms with Crippen LogP contribution < -0.4 is 10.6 Å². The largest absolute Gasteiger partial charge is 0.444 e. The van der Waals surface area contributed by atoms with Crippen LogP contribution in [0.4, 0.5) is 10.5 Å². The molecule has 2 N–H and O–H groups in total. The number of ether oxygens (including phenoxy) is 1. The van der Waals surface area contributed by atoms with Gasteiger partial charge in [-0.15, -0.1) is 6.42 Å². The number of hydrogen-bond acceptors (Lipinski definition) is 4. The van der Waals surface area contributed by atoms with Crippen LogP contribution in [0.5, 0.6) is 0 Å². The van der Waals surface area contributed by atoms with Crippen molar-refractivity contribution in [1.29, 1.82) is 0 Å². The number of fused-ring (bicyclic) bond motifs is 1. The number of carbonyl (C=O) groups is 3. The molecule has 7 heteroatoms. The highest BCUT2D eigenvalue weighted by molar-refractivity contribution is 6.00. The van der Waals surface area contributed by atoms with Gasteiger partial charge < -0.3 is 20.3 Å². The maximum atomic E-state index is 14.3. The van der Waals surface area contributed by atoms with Crippen molar-refractivity contribution in [3.63, 3.8) is 0 Å². The van der Waals surface area contributed by atoms with Crippen LogP contribution in [-0.4, -0.2) is 40.5 Å². The number of terminal acetylenes is 1. The van der Waals surface area contributed by atoms with Gasteiger partial charge in [0.15, 0.2) is 0 Å². The fourth-order valence-corrected chi connectivity index (χ4v) is 4.87. The number of amides is 3. The van der Waals surface area contributed by atoms with Crippen LogP contribution in [-0.2, 0) is 14.3 Å². The molecule has 1 aliphatic rings. The Bertz CT molecular complexity index is 1450. The molecular formula is C34H39N3O4. The molecule has 0 heterocycles. The second-order valence-corrected chi connectivity index (χ2v) is 12.0. The van der Waals surface area contributed by atoms with Gasteiger partial charge in [0.1, 0.15) is 17.7 Å². The molecule has 0 aromatic heterocycles.